The van der Waals surface area contributed by atoms with Crippen molar-refractivity contribution < 1.29 is 4.79 Å². The van der Waals surface area contributed by atoms with Gasteiger partial charge >= 0.3 is 0 Å². The highest BCUT2D eigenvalue weighted by Crippen LogP contribution is 2.28. The number of ketones is 1. The smallest absolute Gasteiger partial charge is 0.277 e. The van der Waals surface area contributed by atoms with Crippen LogP contribution in [0.2, 0.25) is 0 Å². The van der Waals surface area contributed by atoms with Crippen LogP contribution < -0.4 is 5.56 Å². The third kappa shape index (κ3) is 1.27. The molecule has 1 aromatic heterocycles. The second kappa shape index (κ2) is 3.04. The molecule has 0 saturated carbocycles. The number of aromatic amines is 1. The van der Waals surface area contributed by atoms with Crippen LogP contribution in [0.4, 0.5) is 0 Å². The number of hydrogen-bond acceptors (Lipinski definition) is 3. The molecule has 74 valence electrons. The predicted octanol–water partition coefficient (Wildman–Crippen LogP) is 1.02. The SMILES string of the molecule is CC(=O)c1nc2c([nH]c1=O)C(C)CC2. The van der Waals surface area contributed by atoms with Crippen LogP contribution in [-0.2, 0) is 6.42 Å². The first-order valence-electron chi connectivity index (χ1n) is 4.73. The molecule has 4 nitrogen and oxygen atoms in total. The van der Waals surface area contributed by atoms with Crippen molar-refractivity contribution >= 4 is 5.78 Å². The lowest BCUT2D eigenvalue weighted by molar-refractivity contribution is 0.101. The summed E-state index contributed by atoms with van der Waals surface area (Å²) >= 11 is 0. The van der Waals surface area contributed by atoms with E-state index >= 15 is 0 Å². The monoisotopic (exact) mass is 192 g/mol. The molecule has 1 N–H and O–H groups in total. The number of H-pyrrole nitrogens is 1. The van der Waals surface area contributed by atoms with E-state index in [0.29, 0.717) is 5.92 Å². The van der Waals surface area contributed by atoms with Crippen LogP contribution in [0.5, 0.6) is 0 Å². The molecule has 1 heterocycles. The standard InChI is InChI=1S/C10H12N2O2/c1-5-3-4-7-8(5)12-10(14)9(11-7)6(2)13/h5H,3-4H2,1-2H3,(H,12,14). The maximum Gasteiger partial charge on any atom is 0.277 e. The fourth-order valence-corrected chi connectivity index (χ4v) is 1.83. The highest BCUT2D eigenvalue weighted by Gasteiger charge is 2.23. The normalized spacial score (nSPS) is 19.4. The Labute approximate surface area is 81.4 Å². The lowest BCUT2D eigenvalue weighted by Gasteiger charge is -2.03. The Kier molecular flexibility index (Phi) is 1.98. The summed E-state index contributed by atoms with van der Waals surface area (Å²) < 4.78 is 0. The largest absolute Gasteiger partial charge is 0.322 e. The molecule has 0 bridgehead atoms. The number of fused-ring (bicyclic) bond motifs is 1. The quantitative estimate of drug-likeness (QED) is 0.676. The summed E-state index contributed by atoms with van der Waals surface area (Å²) in [7, 11) is 0. The molecule has 14 heavy (non-hydrogen) atoms. The molecule has 1 aliphatic rings. The lowest BCUT2D eigenvalue weighted by Crippen LogP contribution is -2.21. The lowest BCUT2D eigenvalue weighted by atomic mass is 10.1. The van der Waals surface area contributed by atoms with Gasteiger partial charge in [0.05, 0.1) is 5.69 Å². The van der Waals surface area contributed by atoms with Crippen LogP contribution in [0.3, 0.4) is 0 Å². The van der Waals surface area contributed by atoms with Crippen LogP contribution in [0.1, 0.15) is 48.1 Å². The van der Waals surface area contributed by atoms with E-state index in [4.69, 9.17) is 0 Å². The average Bonchev–Trinajstić information content (AvgIpc) is 2.46. The zero-order valence-electron chi connectivity index (χ0n) is 8.26. The van der Waals surface area contributed by atoms with Gasteiger partial charge in [0.15, 0.2) is 11.5 Å². The van der Waals surface area contributed by atoms with Gasteiger partial charge in [-0.3, -0.25) is 9.59 Å². The summed E-state index contributed by atoms with van der Waals surface area (Å²) in [6.07, 6.45) is 1.85. The molecule has 1 unspecified atom stereocenters. The molecule has 2 rings (SSSR count). The Hall–Kier alpha value is -1.45. The van der Waals surface area contributed by atoms with E-state index in [0.717, 1.165) is 24.2 Å². The summed E-state index contributed by atoms with van der Waals surface area (Å²) in [5.41, 5.74) is 1.46. The molecule has 0 fully saturated rings. The highest BCUT2D eigenvalue weighted by molar-refractivity contribution is 5.91. The Balaban J connectivity index is 2.62. The third-order valence-electron chi connectivity index (χ3n) is 2.66. The van der Waals surface area contributed by atoms with Crippen LogP contribution in [0.25, 0.3) is 0 Å². The van der Waals surface area contributed by atoms with Gasteiger partial charge < -0.3 is 4.98 Å². The minimum Gasteiger partial charge on any atom is -0.322 e. The second-order valence-electron chi connectivity index (χ2n) is 3.77. The van der Waals surface area contributed by atoms with Crippen LogP contribution in [0, 0.1) is 0 Å². The molecule has 4 heteroatoms. The topological polar surface area (TPSA) is 62.8 Å². The second-order valence-corrected chi connectivity index (χ2v) is 3.77. The Morgan fingerprint density at radius 1 is 1.57 bits per heavy atom. The maximum absolute atomic E-state index is 11.4. The van der Waals surface area contributed by atoms with Crippen molar-refractivity contribution in [3.63, 3.8) is 0 Å². The van der Waals surface area contributed by atoms with Gasteiger partial charge in [0.2, 0.25) is 0 Å². The van der Waals surface area contributed by atoms with Crippen molar-refractivity contribution in [1.29, 1.82) is 0 Å². The Bertz CT molecular complexity index is 448. The van der Waals surface area contributed by atoms with E-state index < -0.39 is 0 Å². The number of aromatic nitrogens is 2. The highest BCUT2D eigenvalue weighted by atomic mass is 16.1. The molecule has 0 radical (unpaired) electrons. The molecule has 0 spiro atoms. The van der Waals surface area contributed by atoms with Crippen LogP contribution >= 0.6 is 0 Å². The zero-order chi connectivity index (χ0) is 10.3. The van der Waals surface area contributed by atoms with Gasteiger partial charge in [-0.1, -0.05) is 6.92 Å². The number of Topliss-reactive ketones (excluding diaryl/α,β-unsaturated/α-hetero) is 1. The molecular weight excluding hydrogens is 180 g/mol. The van der Waals surface area contributed by atoms with Crippen molar-refractivity contribution in [3.8, 4) is 0 Å². The molecule has 0 aromatic carbocycles. The molecule has 0 saturated heterocycles. The first kappa shape index (κ1) is 9.12. The molecular formula is C10H12N2O2. The summed E-state index contributed by atoms with van der Waals surface area (Å²) in [4.78, 5) is 29.4. The summed E-state index contributed by atoms with van der Waals surface area (Å²) in [6, 6.07) is 0. The van der Waals surface area contributed by atoms with Crippen molar-refractivity contribution in [2.75, 3.05) is 0 Å². The number of carbonyl (C=O) groups is 1. The van der Waals surface area contributed by atoms with E-state index in [2.05, 4.69) is 16.9 Å². The van der Waals surface area contributed by atoms with E-state index in [1.165, 1.54) is 6.92 Å². The van der Waals surface area contributed by atoms with E-state index in [1.807, 2.05) is 0 Å². The van der Waals surface area contributed by atoms with Crippen molar-refractivity contribution in [1.82, 2.24) is 9.97 Å². The van der Waals surface area contributed by atoms with Gasteiger partial charge in [-0.05, 0) is 18.8 Å². The molecule has 0 amide bonds. The summed E-state index contributed by atoms with van der Waals surface area (Å²) in [5, 5.41) is 0. The Morgan fingerprint density at radius 3 is 2.93 bits per heavy atom. The number of carbonyl (C=O) groups excluding carboxylic acids is 1. The average molecular weight is 192 g/mol. The fourth-order valence-electron chi connectivity index (χ4n) is 1.83. The summed E-state index contributed by atoms with van der Waals surface area (Å²) in [6.45, 7) is 3.42. The third-order valence-corrected chi connectivity index (χ3v) is 2.66. The van der Waals surface area contributed by atoms with Gasteiger partial charge in [0.25, 0.3) is 5.56 Å². The van der Waals surface area contributed by atoms with Gasteiger partial charge in [0, 0.05) is 12.6 Å². The minimum atomic E-state index is -0.356. The first-order chi connectivity index (χ1) is 6.59. The van der Waals surface area contributed by atoms with Gasteiger partial charge in [-0.25, -0.2) is 4.98 Å². The first-order valence-corrected chi connectivity index (χ1v) is 4.73. The molecule has 1 aromatic rings. The van der Waals surface area contributed by atoms with E-state index in [9.17, 15) is 9.59 Å². The Morgan fingerprint density at radius 2 is 2.29 bits per heavy atom. The fraction of sp³-hybridized carbons (Fsp3) is 0.500. The maximum atomic E-state index is 11.4. The van der Waals surface area contributed by atoms with Gasteiger partial charge in [-0.15, -0.1) is 0 Å². The number of aryl methyl sites for hydroxylation is 1. The zero-order valence-corrected chi connectivity index (χ0v) is 8.26. The number of rotatable bonds is 1. The number of nitrogens with one attached hydrogen (secondary N) is 1. The van der Waals surface area contributed by atoms with Gasteiger partial charge in [-0.2, -0.15) is 0 Å². The molecule has 1 aliphatic carbocycles. The van der Waals surface area contributed by atoms with Crippen molar-refractivity contribution in [2.24, 2.45) is 0 Å². The van der Waals surface area contributed by atoms with E-state index in [-0.39, 0.29) is 17.0 Å². The number of nitrogens with zero attached hydrogens (tertiary/aromatic N) is 1. The van der Waals surface area contributed by atoms with Crippen molar-refractivity contribution in [3.05, 3.63) is 27.4 Å². The van der Waals surface area contributed by atoms with Gasteiger partial charge in [0.1, 0.15) is 0 Å². The predicted molar refractivity (Wildman–Crippen MR) is 51.6 cm³/mol. The number of hydrogen-bond donors (Lipinski definition) is 1. The van der Waals surface area contributed by atoms with Crippen LogP contribution in [-0.4, -0.2) is 15.8 Å². The van der Waals surface area contributed by atoms with Crippen LogP contribution in [0.15, 0.2) is 4.79 Å². The summed E-state index contributed by atoms with van der Waals surface area (Å²) in [5.74, 6) is 0.0832. The molecule has 0 aliphatic heterocycles. The van der Waals surface area contributed by atoms with Crippen molar-refractivity contribution in [2.45, 2.75) is 32.6 Å². The minimum absolute atomic E-state index is 0.0397. The van der Waals surface area contributed by atoms with E-state index in [1.54, 1.807) is 0 Å². The molecule has 1 atom stereocenters.